The summed E-state index contributed by atoms with van der Waals surface area (Å²) in [5, 5.41) is 55.0. The molecule has 8 aliphatic carbocycles. The fourth-order valence-corrected chi connectivity index (χ4v) is 20.6. The van der Waals surface area contributed by atoms with Gasteiger partial charge in [-0.05, 0) is 231 Å². The second-order valence-corrected chi connectivity index (χ2v) is 29.1. The van der Waals surface area contributed by atoms with Gasteiger partial charge in [-0.3, -0.25) is 9.59 Å². The third kappa shape index (κ3) is 11.3. The molecule has 84 heavy (non-hydrogen) atoms. The van der Waals surface area contributed by atoms with Gasteiger partial charge in [-0.25, -0.2) is 19.2 Å². The molecule has 2 aromatic rings. The number of amides is 2. The number of aliphatic hydroxyl groups is 4. The van der Waals surface area contributed by atoms with Crippen LogP contribution in [-0.4, -0.2) is 106 Å². The quantitative estimate of drug-likeness (QED) is 0.107. The number of ether oxygens (including phenoxy) is 4. The molecule has 2 aromatic carbocycles. The Kier molecular flexibility index (Phi) is 17.4. The number of fused-ring (bicyclic) bond motifs is 1. The van der Waals surface area contributed by atoms with Gasteiger partial charge in [0, 0.05) is 25.9 Å². The number of rotatable bonds is 0. The van der Waals surface area contributed by atoms with Crippen molar-refractivity contribution in [2.75, 3.05) is 13.2 Å². The first-order valence-electron chi connectivity index (χ1n) is 32.2. The molecule has 16 heteroatoms. The van der Waals surface area contributed by atoms with Crippen LogP contribution in [0.5, 0.6) is 0 Å². The predicted molar refractivity (Wildman–Crippen MR) is 310 cm³/mol. The Balaban J connectivity index is 0.751. The number of nitrogens with one attached hydrogen (secondary N) is 2. The van der Waals surface area contributed by atoms with E-state index in [0.29, 0.717) is 90.1 Å². The normalized spacial score (nSPS) is 44.4. The molecule has 0 spiro atoms. The smallest absolute Gasteiger partial charge is 0.344 e. The molecule has 2 unspecified atom stereocenters. The minimum absolute atomic E-state index is 0.0289. The van der Waals surface area contributed by atoms with Gasteiger partial charge in [0.05, 0.1) is 35.5 Å². The van der Waals surface area contributed by atoms with E-state index in [2.05, 4.69) is 52.2 Å². The molecule has 5 aliphatic heterocycles. The lowest BCUT2D eigenvalue weighted by Gasteiger charge is -2.63. The molecule has 0 radical (unpaired) electrons. The third-order valence-corrected chi connectivity index (χ3v) is 25.2. The highest BCUT2D eigenvalue weighted by Crippen LogP contribution is 2.70. The molecule has 13 aliphatic rings. The van der Waals surface area contributed by atoms with Crippen molar-refractivity contribution in [3.63, 3.8) is 0 Å². The second kappa shape index (κ2) is 24.0. The summed E-state index contributed by atoms with van der Waals surface area (Å²) >= 11 is 0. The SMILES string of the molecule is C[C@@H]1CCC(=O)NCc2cccc(c2)CNC(=O)CC[C@@H](C)[C@H]2CC[C@H]3[C@@H]4[C@H](O)CC5C[C@@H](CC[C@]5(C)[C@H]4C[C@H](O)[C@]23C)OC(=O)COC(=O)c2ccc(cc2)C(=O)OCC(=O)O[C@@H]2CC[C@@]3(C)C(C2)C[C@@H](O)[C@H]2[C@@H]4CC[C@H]1[C@@]4(C)[C@@H](O)C[C@@H]23. The highest BCUT2D eigenvalue weighted by atomic mass is 16.6. The lowest BCUT2D eigenvalue weighted by atomic mass is 9.43. The minimum Gasteiger partial charge on any atom is -0.460 e. The highest BCUT2D eigenvalue weighted by molar-refractivity contribution is 5.94. The van der Waals surface area contributed by atoms with E-state index in [1.165, 1.54) is 24.3 Å². The summed E-state index contributed by atoms with van der Waals surface area (Å²) in [6.07, 6.45) is 8.91. The molecule has 8 saturated carbocycles. The largest absolute Gasteiger partial charge is 0.460 e. The van der Waals surface area contributed by atoms with Crippen molar-refractivity contribution >= 4 is 35.7 Å². The maximum Gasteiger partial charge on any atom is 0.344 e. The summed E-state index contributed by atoms with van der Waals surface area (Å²) in [6, 6.07) is 13.5. The summed E-state index contributed by atoms with van der Waals surface area (Å²) in [4.78, 5) is 79.4. The van der Waals surface area contributed by atoms with E-state index in [0.717, 1.165) is 49.7 Å². The van der Waals surface area contributed by atoms with E-state index in [1.54, 1.807) is 0 Å². The lowest BCUT2D eigenvalue weighted by Crippen LogP contribution is -2.62. The Bertz CT molecular complexity index is 2610. The van der Waals surface area contributed by atoms with Gasteiger partial charge >= 0.3 is 23.9 Å². The summed E-state index contributed by atoms with van der Waals surface area (Å²) in [5.41, 5.74) is 0.954. The van der Waals surface area contributed by atoms with Gasteiger partial charge in [-0.2, -0.15) is 0 Å². The number of hydrogen-bond acceptors (Lipinski definition) is 14. The van der Waals surface area contributed by atoms with Gasteiger partial charge in [0.2, 0.25) is 11.8 Å². The van der Waals surface area contributed by atoms with Gasteiger partial charge in [-0.1, -0.05) is 65.8 Å². The van der Waals surface area contributed by atoms with Crippen molar-refractivity contribution in [1.82, 2.24) is 10.6 Å². The Morgan fingerprint density at radius 3 is 1.27 bits per heavy atom. The maximum absolute atomic E-state index is 13.5. The van der Waals surface area contributed by atoms with Crippen LogP contribution in [0.25, 0.3) is 0 Å². The van der Waals surface area contributed by atoms with Crippen LogP contribution in [0, 0.1) is 92.7 Å². The summed E-state index contributed by atoms with van der Waals surface area (Å²) < 4.78 is 22.5. The predicted octanol–water partition coefficient (Wildman–Crippen LogP) is 8.80. The van der Waals surface area contributed by atoms with Crippen molar-refractivity contribution < 1.29 is 68.1 Å². The number of carbonyl (C=O) groups is 6. The number of esters is 4. The first-order chi connectivity index (χ1) is 40.0. The number of hydrogen-bond donors (Lipinski definition) is 6. The average molecular weight is 1160 g/mol. The molecule has 8 fully saturated rings. The van der Waals surface area contributed by atoms with Gasteiger partial charge in [0.1, 0.15) is 12.2 Å². The number of benzene rings is 2. The maximum atomic E-state index is 13.5. The van der Waals surface area contributed by atoms with Crippen molar-refractivity contribution in [2.45, 2.75) is 207 Å². The minimum atomic E-state index is -0.777. The van der Waals surface area contributed by atoms with Crippen LogP contribution in [0.3, 0.4) is 0 Å². The van der Waals surface area contributed by atoms with Crippen molar-refractivity contribution in [1.29, 1.82) is 0 Å². The average Bonchev–Trinajstić information content (AvgIpc) is 1.41. The Labute approximate surface area is 496 Å². The second-order valence-electron chi connectivity index (χ2n) is 29.1. The van der Waals surface area contributed by atoms with E-state index in [9.17, 15) is 49.2 Å². The van der Waals surface area contributed by atoms with Crippen LogP contribution in [0.15, 0.2) is 48.5 Å². The van der Waals surface area contributed by atoms with Crippen LogP contribution < -0.4 is 10.6 Å². The molecular formula is C68H94N2O14. The zero-order valence-corrected chi connectivity index (χ0v) is 50.4. The molecule has 6 N–H and O–H groups in total. The fraction of sp³-hybridized carbons (Fsp3) is 0.735. The van der Waals surface area contributed by atoms with Crippen molar-refractivity contribution in [3.05, 3.63) is 70.8 Å². The molecule has 0 aromatic heterocycles. The molecule has 0 saturated heterocycles. The number of aliphatic hydroxyl groups excluding tert-OH is 4. The Morgan fingerprint density at radius 1 is 0.476 bits per heavy atom. The van der Waals surface area contributed by atoms with Gasteiger partial charge < -0.3 is 50.0 Å². The third-order valence-electron chi connectivity index (χ3n) is 25.2. The molecule has 22 atom stereocenters. The van der Waals surface area contributed by atoms with Gasteiger partial charge in [0.15, 0.2) is 13.2 Å². The first-order valence-corrected chi connectivity index (χ1v) is 32.2. The molecule has 17 bridgehead atoms. The molecule has 460 valence electrons. The summed E-state index contributed by atoms with van der Waals surface area (Å²) in [5.74, 6) is -1.57. The summed E-state index contributed by atoms with van der Waals surface area (Å²) in [6.45, 7) is 13.0. The first kappa shape index (κ1) is 60.8. The van der Waals surface area contributed by atoms with Gasteiger partial charge in [0.25, 0.3) is 0 Å². The van der Waals surface area contributed by atoms with Crippen LogP contribution >= 0.6 is 0 Å². The number of carbonyl (C=O) groups excluding carboxylic acids is 6. The van der Waals surface area contributed by atoms with Crippen LogP contribution in [0.1, 0.15) is 189 Å². The van der Waals surface area contributed by atoms with Gasteiger partial charge in [-0.15, -0.1) is 0 Å². The van der Waals surface area contributed by atoms with E-state index in [1.807, 2.05) is 24.3 Å². The molecule has 15 rings (SSSR count). The zero-order chi connectivity index (χ0) is 59.6. The topological polar surface area (TPSA) is 244 Å². The van der Waals surface area contributed by atoms with E-state index < -0.39 is 84.5 Å². The fourth-order valence-electron chi connectivity index (χ4n) is 20.6. The Morgan fingerprint density at radius 2 is 0.869 bits per heavy atom. The van der Waals surface area contributed by atoms with Crippen LogP contribution in [-0.2, 0) is 51.2 Å². The van der Waals surface area contributed by atoms with E-state index in [4.69, 9.17) is 18.9 Å². The zero-order valence-electron chi connectivity index (χ0n) is 50.4. The van der Waals surface area contributed by atoms with E-state index >= 15 is 0 Å². The van der Waals surface area contributed by atoms with E-state index in [-0.39, 0.29) is 105 Å². The van der Waals surface area contributed by atoms with Crippen molar-refractivity contribution in [3.8, 4) is 0 Å². The van der Waals surface area contributed by atoms with Crippen molar-refractivity contribution in [2.24, 2.45) is 92.7 Å². The molecule has 2 amide bonds. The molecule has 5 heterocycles. The standard InChI is InChI=1S/C68H94N2O14/c1-37-10-20-57(75)69-33-39-8-7-9-40(26-39)34-70-58(76)21-11-38(2)48-17-19-50-62-52(32-56(74)68(48,50)6)66(4)25-23-46(28-44(66)30-54(62)72)84-60(78)36-82-64(80)42-14-12-41(13-15-42)63(79)81-35-59(77)83-45-22-24-65(3)43(27-45)29-53(71)61-49-18-16-47(37)67(49,5)55(73)31-51(61)65/h7-9,12-15,26,37-38,43-56,61-62,71-74H,10-11,16-25,27-36H2,1-6H3,(H,69,75)(H,70,76)/t37-,38-,43?,44?,45-,46-,47-,48-,49+,50+,51+,52+,53-,54-,55+,56+,61+,62+,65+,66+,67-,68-/m1/s1. The molecule has 16 nitrogen and oxygen atoms in total. The monoisotopic (exact) mass is 1160 g/mol. The van der Waals surface area contributed by atoms with Crippen LogP contribution in [0.4, 0.5) is 0 Å². The summed E-state index contributed by atoms with van der Waals surface area (Å²) in [7, 11) is 0. The highest BCUT2D eigenvalue weighted by Gasteiger charge is 2.68. The molecular weight excluding hydrogens is 1070 g/mol. The Hall–Kier alpha value is -4.90. The van der Waals surface area contributed by atoms with Crippen LogP contribution in [0.2, 0.25) is 0 Å². The lowest BCUT2D eigenvalue weighted by molar-refractivity contribution is -0.210.